The summed E-state index contributed by atoms with van der Waals surface area (Å²) < 4.78 is 5.36. The number of rotatable bonds is 5. The lowest BCUT2D eigenvalue weighted by Crippen LogP contribution is -2.03. The van der Waals surface area contributed by atoms with Crippen molar-refractivity contribution >= 4 is 6.29 Å². The van der Waals surface area contributed by atoms with E-state index in [-0.39, 0.29) is 6.10 Å². The minimum absolute atomic E-state index is 0.0130. The molecule has 2 nitrogen and oxygen atoms in total. The lowest BCUT2D eigenvalue weighted by molar-refractivity contribution is -0.104. The second-order valence-corrected chi connectivity index (χ2v) is 3.99. The molecule has 0 saturated carbocycles. The van der Waals surface area contributed by atoms with Crippen LogP contribution in [0.1, 0.15) is 13.8 Å². The fourth-order valence-electron chi connectivity index (χ4n) is 1.33. The number of hydrogen-bond donors (Lipinski definition) is 0. The summed E-state index contributed by atoms with van der Waals surface area (Å²) in [6.45, 7) is 3.90. The smallest absolute Gasteiger partial charge is 0.143 e. The Morgan fingerprint density at radius 1 is 1.11 bits per heavy atom. The topological polar surface area (TPSA) is 26.3 Å². The van der Waals surface area contributed by atoms with Gasteiger partial charge in [0.05, 0.1) is 6.26 Å². The molecule has 2 heteroatoms. The molecule has 0 radical (unpaired) electrons. The third-order valence-electron chi connectivity index (χ3n) is 2.32. The Labute approximate surface area is 108 Å². The summed E-state index contributed by atoms with van der Waals surface area (Å²) in [7, 11) is 0. The van der Waals surface area contributed by atoms with Gasteiger partial charge in [0.1, 0.15) is 12.4 Å². The van der Waals surface area contributed by atoms with Crippen LogP contribution < -0.4 is 0 Å². The number of hydrogen-bond acceptors (Lipinski definition) is 2. The first kappa shape index (κ1) is 14.0. The van der Waals surface area contributed by atoms with Crippen molar-refractivity contribution in [2.24, 2.45) is 0 Å². The van der Waals surface area contributed by atoms with E-state index in [1.807, 2.05) is 62.5 Å². The highest BCUT2D eigenvalue weighted by Crippen LogP contribution is 2.06. The predicted octanol–water partition coefficient (Wildman–Crippen LogP) is 3.66. The summed E-state index contributed by atoms with van der Waals surface area (Å²) in [5.41, 5.74) is 2.05. The molecule has 1 unspecified atom stereocenters. The Balaban J connectivity index is 2.49. The van der Waals surface area contributed by atoms with Crippen molar-refractivity contribution in [3.05, 3.63) is 72.1 Å². The molecule has 1 aliphatic rings. The van der Waals surface area contributed by atoms with Crippen LogP contribution in [0.3, 0.4) is 0 Å². The Morgan fingerprint density at radius 2 is 1.89 bits per heavy atom. The molecular weight excluding hydrogens is 224 g/mol. The summed E-state index contributed by atoms with van der Waals surface area (Å²) in [4.78, 5) is 10.2. The third kappa shape index (κ3) is 5.85. The molecule has 1 atom stereocenters. The second-order valence-electron chi connectivity index (χ2n) is 3.99. The number of carbonyl (C=O) groups excluding carboxylic acids is 1. The van der Waals surface area contributed by atoms with Crippen molar-refractivity contribution in [3.8, 4) is 0 Å². The van der Waals surface area contributed by atoms with Crippen molar-refractivity contribution in [2.75, 3.05) is 0 Å². The van der Waals surface area contributed by atoms with Crippen LogP contribution in [0.2, 0.25) is 0 Å². The molecule has 0 aromatic heterocycles. The van der Waals surface area contributed by atoms with Gasteiger partial charge in [-0.25, -0.2) is 0 Å². The highest BCUT2D eigenvalue weighted by molar-refractivity contribution is 5.66. The first-order chi connectivity index (χ1) is 8.72. The van der Waals surface area contributed by atoms with Crippen LogP contribution in [0, 0.1) is 0 Å². The van der Waals surface area contributed by atoms with Gasteiger partial charge in [0.25, 0.3) is 0 Å². The number of allylic oxidation sites excluding steroid dienone is 9. The highest BCUT2D eigenvalue weighted by atomic mass is 16.5. The van der Waals surface area contributed by atoms with Gasteiger partial charge < -0.3 is 4.74 Å². The normalized spacial score (nSPS) is 20.7. The summed E-state index contributed by atoms with van der Waals surface area (Å²) in [6, 6.07) is 0. The molecule has 0 fully saturated rings. The maximum atomic E-state index is 10.2. The van der Waals surface area contributed by atoms with Crippen molar-refractivity contribution in [3.63, 3.8) is 0 Å². The number of carbonyl (C=O) groups is 1. The van der Waals surface area contributed by atoms with E-state index in [2.05, 4.69) is 0 Å². The summed E-state index contributed by atoms with van der Waals surface area (Å²) in [5, 5.41) is 0. The van der Waals surface area contributed by atoms with Gasteiger partial charge in [-0.1, -0.05) is 36.0 Å². The minimum atomic E-state index is 0.0130. The van der Waals surface area contributed by atoms with E-state index in [9.17, 15) is 4.79 Å². The molecule has 18 heavy (non-hydrogen) atoms. The van der Waals surface area contributed by atoms with Crippen LogP contribution in [0.4, 0.5) is 0 Å². The SMILES string of the molecule is CC(/C=C/C=C(C)/C=C/C1C=CC=CO1)=C\C=O. The number of ether oxygens (including phenoxy) is 1. The summed E-state index contributed by atoms with van der Waals surface area (Å²) >= 11 is 0. The molecule has 1 heterocycles. The molecule has 94 valence electrons. The van der Waals surface area contributed by atoms with Crippen molar-refractivity contribution in [1.29, 1.82) is 0 Å². The largest absolute Gasteiger partial charge is 0.490 e. The molecule has 0 bridgehead atoms. The Morgan fingerprint density at radius 3 is 2.56 bits per heavy atom. The third-order valence-corrected chi connectivity index (χ3v) is 2.32. The van der Waals surface area contributed by atoms with Crippen LogP contribution in [-0.2, 0) is 9.53 Å². The van der Waals surface area contributed by atoms with Gasteiger partial charge in [0.2, 0.25) is 0 Å². The molecule has 1 rings (SSSR count). The maximum absolute atomic E-state index is 10.2. The molecule has 0 N–H and O–H groups in total. The van der Waals surface area contributed by atoms with Crippen LogP contribution in [0.5, 0.6) is 0 Å². The fraction of sp³-hybridized carbons (Fsp3) is 0.188. The quantitative estimate of drug-likeness (QED) is 0.418. The summed E-state index contributed by atoms with van der Waals surface area (Å²) in [6.07, 6.45) is 19.6. The van der Waals surface area contributed by atoms with E-state index in [1.165, 1.54) is 6.08 Å². The van der Waals surface area contributed by atoms with Crippen LogP contribution >= 0.6 is 0 Å². The first-order valence-corrected chi connectivity index (χ1v) is 5.86. The van der Waals surface area contributed by atoms with Gasteiger partial charge in [-0.05, 0) is 43.7 Å². The van der Waals surface area contributed by atoms with Gasteiger partial charge >= 0.3 is 0 Å². The molecule has 0 aromatic rings. The van der Waals surface area contributed by atoms with Gasteiger partial charge in [-0.15, -0.1) is 0 Å². The zero-order valence-corrected chi connectivity index (χ0v) is 10.7. The zero-order chi connectivity index (χ0) is 13.2. The van der Waals surface area contributed by atoms with Gasteiger partial charge in [0.15, 0.2) is 0 Å². The predicted molar refractivity (Wildman–Crippen MR) is 75.0 cm³/mol. The van der Waals surface area contributed by atoms with Crippen molar-refractivity contribution in [1.82, 2.24) is 0 Å². The van der Waals surface area contributed by atoms with Gasteiger partial charge in [-0.3, -0.25) is 4.79 Å². The lowest BCUT2D eigenvalue weighted by Gasteiger charge is -2.09. The van der Waals surface area contributed by atoms with Crippen LogP contribution in [-0.4, -0.2) is 12.4 Å². The zero-order valence-electron chi connectivity index (χ0n) is 10.7. The average Bonchev–Trinajstić information content (AvgIpc) is 2.38. The van der Waals surface area contributed by atoms with Crippen LogP contribution in [0.15, 0.2) is 72.1 Å². The van der Waals surface area contributed by atoms with E-state index in [4.69, 9.17) is 4.74 Å². The Bertz CT molecular complexity index is 446. The minimum Gasteiger partial charge on any atom is -0.490 e. The fourth-order valence-corrected chi connectivity index (χ4v) is 1.33. The average molecular weight is 242 g/mol. The molecular formula is C16H18O2. The number of aldehydes is 1. The van der Waals surface area contributed by atoms with E-state index in [0.717, 1.165) is 17.4 Å². The summed E-state index contributed by atoms with van der Waals surface area (Å²) in [5.74, 6) is 0. The standard InChI is InChI=1S/C16H18O2/c1-14(6-5-7-15(2)11-12-17)9-10-16-8-3-4-13-18-16/h3-13,16H,1-2H3/b7-5+,10-9+,14-6+,15-11+. The monoisotopic (exact) mass is 242 g/mol. The van der Waals surface area contributed by atoms with E-state index in [0.29, 0.717) is 0 Å². The lowest BCUT2D eigenvalue weighted by atomic mass is 10.2. The van der Waals surface area contributed by atoms with Crippen molar-refractivity contribution < 1.29 is 9.53 Å². The molecule has 0 saturated heterocycles. The molecule has 1 aliphatic heterocycles. The maximum Gasteiger partial charge on any atom is 0.143 e. The van der Waals surface area contributed by atoms with Crippen LogP contribution in [0.25, 0.3) is 0 Å². The molecule has 0 amide bonds. The Kier molecular flexibility index (Phi) is 6.26. The first-order valence-electron chi connectivity index (χ1n) is 5.86. The molecule has 0 aliphatic carbocycles. The van der Waals surface area contributed by atoms with E-state index >= 15 is 0 Å². The van der Waals surface area contributed by atoms with Gasteiger partial charge in [-0.2, -0.15) is 0 Å². The second kappa shape index (κ2) is 8.07. The molecule has 0 aromatic carbocycles. The van der Waals surface area contributed by atoms with Gasteiger partial charge in [0, 0.05) is 0 Å². The Hall–Kier alpha value is -2.09. The van der Waals surface area contributed by atoms with Crippen molar-refractivity contribution in [2.45, 2.75) is 20.0 Å². The highest BCUT2D eigenvalue weighted by Gasteiger charge is 1.98. The molecule has 0 spiro atoms. The van der Waals surface area contributed by atoms with E-state index in [1.54, 1.807) is 6.26 Å². The van der Waals surface area contributed by atoms with E-state index < -0.39 is 0 Å².